The molecule has 90 valence electrons. The Morgan fingerprint density at radius 1 is 1.35 bits per heavy atom. The highest BCUT2D eigenvalue weighted by molar-refractivity contribution is 9.10. The second-order valence-corrected chi connectivity index (χ2v) is 5.06. The first-order valence-corrected chi connectivity index (χ1v) is 6.19. The monoisotopic (exact) mass is 295 g/mol. The summed E-state index contributed by atoms with van der Waals surface area (Å²) in [5.74, 6) is -0.235. The third-order valence-electron chi connectivity index (χ3n) is 3.14. The van der Waals surface area contributed by atoms with Crippen molar-refractivity contribution in [3.05, 3.63) is 46.1 Å². The highest BCUT2D eigenvalue weighted by atomic mass is 79.9. The van der Waals surface area contributed by atoms with Gasteiger partial charge in [0.05, 0.1) is 6.04 Å². The average molecular weight is 296 g/mol. The van der Waals surface area contributed by atoms with Gasteiger partial charge in [0.1, 0.15) is 6.10 Å². The Morgan fingerprint density at radius 2 is 2.00 bits per heavy atom. The Kier molecular flexibility index (Phi) is 3.35. The number of hydrogen-bond donors (Lipinski definition) is 1. The fourth-order valence-electron chi connectivity index (χ4n) is 2.07. The van der Waals surface area contributed by atoms with Gasteiger partial charge in [0.25, 0.3) is 0 Å². The van der Waals surface area contributed by atoms with Gasteiger partial charge in [0.15, 0.2) is 5.78 Å². The number of aliphatic hydroxyl groups is 1. The molecule has 2 atom stereocenters. The minimum Gasteiger partial charge on any atom is -0.382 e. The summed E-state index contributed by atoms with van der Waals surface area (Å²) in [7, 11) is 1.88. The fraction of sp³-hybridized carbons (Fsp3) is 0.308. The first kappa shape index (κ1) is 12.3. The lowest BCUT2D eigenvalue weighted by Gasteiger charge is -2.37. The van der Waals surface area contributed by atoms with Crippen LogP contribution in [-0.4, -0.2) is 28.9 Å². The van der Waals surface area contributed by atoms with E-state index in [1.54, 1.807) is 0 Å². The SMILES string of the molecule is CC1=CC(=O)[C@@H](O)[C@@H](c2ccccc2Br)N1C. The molecule has 0 bridgehead atoms. The molecular formula is C13H14BrNO2. The molecule has 1 aliphatic rings. The summed E-state index contributed by atoms with van der Waals surface area (Å²) < 4.78 is 0.901. The van der Waals surface area contributed by atoms with Gasteiger partial charge in [-0.2, -0.15) is 0 Å². The van der Waals surface area contributed by atoms with Crippen LogP contribution in [0.25, 0.3) is 0 Å². The number of hydrogen-bond acceptors (Lipinski definition) is 3. The molecule has 0 radical (unpaired) electrons. The molecule has 0 aliphatic carbocycles. The van der Waals surface area contributed by atoms with Crippen molar-refractivity contribution in [2.24, 2.45) is 0 Å². The van der Waals surface area contributed by atoms with E-state index in [4.69, 9.17) is 0 Å². The van der Waals surface area contributed by atoms with Crippen molar-refractivity contribution < 1.29 is 9.90 Å². The van der Waals surface area contributed by atoms with Crippen LogP contribution in [-0.2, 0) is 4.79 Å². The zero-order valence-electron chi connectivity index (χ0n) is 9.72. The van der Waals surface area contributed by atoms with E-state index in [0.29, 0.717) is 0 Å². The number of aliphatic hydroxyl groups excluding tert-OH is 1. The largest absolute Gasteiger partial charge is 0.382 e. The van der Waals surface area contributed by atoms with Gasteiger partial charge in [-0.05, 0) is 18.6 Å². The number of likely N-dealkylation sites (N-methyl/N-ethyl adjacent to an activating group) is 1. The molecule has 0 saturated carbocycles. The van der Waals surface area contributed by atoms with E-state index in [1.807, 2.05) is 43.1 Å². The number of benzene rings is 1. The summed E-state index contributed by atoms with van der Waals surface area (Å²) in [5.41, 5.74) is 1.78. The van der Waals surface area contributed by atoms with Crippen LogP contribution in [0.4, 0.5) is 0 Å². The van der Waals surface area contributed by atoms with Crippen LogP contribution in [0.1, 0.15) is 18.5 Å². The maximum atomic E-state index is 11.7. The van der Waals surface area contributed by atoms with Crippen molar-refractivity contribution in [2.75, 3.05) is 7.05 Å². The Labute approximate surface area is 109 Å². The molecule has 0 spiro atoms. The lowest BCUT2D eigenvalue weighted by molar-refractivity contribution is -0.126. The quantitative estimate of drug-likeness (QED) is 0.864. The van der Waals surface area contributed by atoms with Gasteiger partial charge in [-0.3, -0.25) is 4.79 Å². The van der Waals surface area contributed by atoms with E-state index in [9.17, 15) is 9.90 Å². The minimum absolute atomic E-state index is 0.235. The average Bonchev–Trinajstić information content (AvgIpc) is 2.29. The zero-order chi connectivity index (χ0) is 12.6. The molecule has 4 heteroatoms. The van der Waals surface area contributed by atoms with Gasteiger partial charge in [-0.25, -0.2) is 0 Å². The summed E-state index contributed by atoms with van der Waals surface area (Å²) >= 11 is 3.46. The van der Waals surface area contributed by atoms with Crippen molar-refractivity contribution >= 4 is 21.7 Å². The molecule has 1 heterocycles. The normalized spacial score (nSPS) is 24.8. The molecule has 1 aromatic carbocycles. The van der Waals surface area contributed by atoms with E-state index < -0.39 is 6.10 Å². The summed E-state index contributed by atoms with van der Waals surface area (Å²) in [6.07, 6.45) is 0.472. The number of ketones is 1. The topological polar surface area (TPSA) is 40.5 Å². The van der Waals surface area contributed by atoms with E-state index in [-0.39, 0.29) is 11.8 Å². The van der Waals surface area contributed by atoms with Crippen molar-refractivity contribution in [1.82, 2.24) is 4.90 Å². The van der Waals surface area contributed by atoms with Gasteiger partial charge in [-0.1, -0.05) is 34.1 Å². The first-order valence-electron chi connectivity index (χ1n) is 5.40. The summed E-state index contributed by atoms with van der Waals surface area (Å²) in [5, 5.41) is 10.0. The van der Waals surface area contributed by atoms with E-state index in [0.717, 1.165) is 15.7 Å². The maximum Gasteiger partial charge on any atom is 0.188 e. The zero-order valence-corrected chi connectivity index (χ0v) is 11.3. The standard InChI is InChI=1S/C13H14BrNO2/c1-8-7-11(16)13(17)12(15(8)2)9-5-3-4-6-10(9)14/h3-7,12-13,17H,1-2H3/t12-,13-/m1/s1. The van der Waals surface area contributed by atoms with Crippen LogP contribution in [0, 0.1) is 0 Å². The van der Waals surface area contributed by atoms with Gasteiger partial charge < -0.3 is 10.0 Å². The van der Waals surface area contributed by atoms with Crippen LogP contribution < -0.4 is 0 Å². The number of carbonyl (C=O) groups excluding carboxylic acids is 1. The van der Waals surface area contributed by atoms with Crippen LogP contribution in [0.3, 0.4) is 0 Å². The predicted molar refractivity (Wildman–Crippen MR) is 69.4 cm³/mol. The summed E-state index contributed by atoms with van der Waals surface area (Å²) in [6, 6.07) is 7.31. The third kappa shape index (κ3) is 2.15. The molecule has 0 fully saturated rings. The van der Waals surface area contributed by atoms with Crippen LogP contribution in [0.2, 0.25) is 0 Å². The molecule has 0 saturated heterocycles. The second kappa shape index (κ2) is 4.63. The van der Waals surface area contributed by atoms with Crippen molar-refractivity contribution in [3.63, 3.8) is 0 Å². The lowest BCUT2D eigenvalue weighted by Crippen LogP contribution is -2.41. The molecule has 2 rings (SSSR count). The molecular weight excluding hydrogens is 282 g/mol. The predicted octanol–water partition coefficient (Wildman–Crippen LogP) is 2.27. The van der Waals surface area contributed by atoms with Crippen molar-refractivity contribution in [2.45, 2.75) is 19.1 Å². The van der Waals surface area contributed by atoms with E-state index in [2.05, 4.69) is 15.9 Å². The molecule has 0 unspecified atom stereocenters. The first-order chi connectivity index (χ1) is 8.02. The highest BCUT2D eigenvalue weighted by Gasteiger charge is 2.34. The number of allylic oxidation sites excluding steroid dienone is 1. The van der Waals surface area contributed by atoms with E-state index in [1.165, 1.54) is 6.08 Å². The fourth-order valence-corrected chi connectivity index (χ4v) is 2.59. The molecule has 1 aromatic rings. The molecule has 17 heavy (non-hydrogen) atoms. The van der Waals surface area contributed by atoms with Crippen LogP contribution >= 0.6 is 15.9 Å². The lowest BCUT2D eigenvalue weighted by atomic mass is 9.93. The minimum atomic E-state index is -1.01. The Balaban J connectivity index is 2.48. The molecule has 0 amide bonds. The summed E-state index contributed by atoms with van der Waals surface area (Å²) in [4.78, 5) is 13.6. The molecule has 1 N–H and O–H groups in total. The Bertz CT molecular complexity index is 484. The summed E-state index contributed by atoms with van der Waals surface area (Å²) in [6.45, 7) is 1.87. The van der Waals surface area contributed by atoms with Crippen molar-refractivity contribution in [1.29, 1.82) is 0 Å². The number of halogens is 1. The smallest absolute Gasteiger partial charge is 0.188 e. The number of nitrogens with zero attached hydrogens (tertiary/aromatic N) is 1. The molecule has 1 aliphatic heterocycles. The Hall–Kier alpha value is -1.13. The van der Waals surface area contributed by atoms with Gasteiger partial charge in [0, 0.05) is 23.3 Å². The maximum absolute atomic E-state index is 11.7. The molecule has 0 aromatic heterocycles. The van der Waals surface area contributed by atoms with E-state index >= 15 is 0 Å². The van der Waals surface area contributed by atoms with Crippen LogP contribution in [0.15, 0.2) is 40.5 Å². The van der Waals surface area contributed by atoms with Crippen molar-refractivity contribution in [3.8, 4) is 0 Å². The Morgan fingerprint density at radius 3 is 2.65 bits per heavy atom. The number of rotatable bonds is 1. The van der Waals surface area contributed by atoms with Gasteiger partial charge in [0.2, 0.25) is 0 Å². The second-order valence-electron chi connectivity index (χ2n) is 4.21. The van der Waals surface area contributed by atoms with Gasteiger partial charge >= 0.3 is 0 Å². The third-order valence-corrected chi connectivity index (χ3v) is 3.86. The highest BCUT2D eigenvalue weighted by Crippen LogP contribution is 2.34. The molecule has 3 nitrogen and oxygen atoms in total. The van der Waals surface area contributed by atoms with Gasteiger partial charge in [-0.15, -0.1) is 0 Å². The number of carbonyl (C=O) groups is 1. The van der Waals surface area contributed by atoms with Crippen LogP contribution in [0.5, 0.6) is 0 Å².